The standard InChI is InChI=1S/C22H22N4O6/c1-30-17-9-7-16(8-10-17)26-18(22(29)32-24-26)14-25-11-12-31-19(21(25)28)13-20(27)23-15-5-3-2-4-6-15/h2-10,19H,11-14H2,1H3,(H-,23,24,27,29). The minimum Gasteiger partial charge on any atom is -0.539 e. The van der Waals surface area contributed by atoms with E-state index >= 15 is 0 Å². The average Bonchev–Trinajstić information content (AvgIpc) is 3.17. The van der Waals surface area contributed by atoms with Crippen molar-refractivity contribution in [3.63, 3.8) is 0 Å². The van der Waals surface area contributed by atoms with Crippen LogP contribution in [-0.4, -0.2) is 48.4 Å². The summed E-state index contributed by atoms with van der Waals surface area (Å²) < 4.78 is 16.9. The van der Waals surface area contributed by atoms with E-state index < -0.39 is 12.1 Å². The smallest absolute Gasteiger partial charge is 0.259 e. The number of amides is 2. The number of carbonyl (C=O) groups excluding carboxylic acids is 2. The number of morpholine rings is 1. The number of nitrogens with one attached hydrogen (secondary N) is 1. The Bertz CT molecular complexity index is 1080. The number of hydrogen-bond acceptors (Lipinski definition) is 7. The molecule has 1 fully saturated rings. The summed E-state index contributed by atoms with van der Waals surface area (Å²) in [5.74, 6) is -0.694. The molecule has 1 aromatic heterocycles. The normalized spacial score (nSPS) is 16.1. The molecule has 1 aliphatic heterocycles. The minimum atomic E-state index is -0.933. The zero-order valence-electron chi connectivity index (χ0n) is 17.4. The monoisotopic (exact) mass is 438 g/mol. The largest absolute Gasteiger partial charge is 0.539 e. The molecular formula is C22H22N4O6. The molecule has 0 bridgehead atoms. The van der Waals surface area contributed by atoms with Crippen molar-refractivity contribution in [3.05, 3.63) is 60.3 Å². The van der Waals surface area contributed by atoms with Gasteiger partial charge in [-0.05, 0) is 28.9 Å². The van der Waals surface area contributed by atoms with Crippen LogP contribution in [0.1, 0.15) is 12.1 Å². The molecule has 2 amide bonds. The first kappa shape index (κ1) is 21.3. The molecule has 32 heavy (non-hydrogen) atoms. The summed E-state index contributed by atoms with van der Waals surface area (Å²) >= 11 is 0. The van der Waals surface area contributed by atoms with E-state index in [2.05, 4.69) is 10.6 Å². The fourth-order valence-electron chi connectivity index (χ4n) is 3.40. The number of anilines is 1. The van der Waals surface area contributed by atoms with Gasteiger partial charge in [-0.15, -0.1) is 0 Å². The molecule has 0 spiro atoms. The van der Waals surface area contributed by atoms with Crippen LogP contribution in [0.4, 0.5) is 5.69 Å². The van der Waals surface area contributed by atoms with E-state index in [4.69, 9.17) is 14.0 Å². The van der Waals surface area contributed by atoms with E-state index in [1.807, 2.05) is 6.07 Å². The van der Waals surface area contributed by atoms with Crippen molar-refractivity contribution < 1.29 is 33.4 Å². The molecular weight excluding hydrogens is 416 g/mol. The molecule has 1 N–H and O–H groups in total. The van der Waals surface area contributed by atoms with Crippen LogP contribution in [0, 0.1) is 0 Å². The Balaban J connectivity index is 1.45. The van der Waals surface area contributed by atoms with Gasteiger partial charge in [-0.3, -0.25) is 9.59 Å². The molecule has 0 saturated carbocycles. The highest BCUT2D eigenvalue weighted by Gasteiger charge is 2.34. The Morgan fingerprint density at radius 1 is 1.25 bits per heavy atom. The molecule has 4 rings (SSSR count). The second-order valence-electron chi connectivity index (χ2n) is 7.15. The van der Waals surface area contributed by atoms with Crippen LogP contribution >= 0.6 is 0 Å². The summed E-state index contributed by atoms with van der Waals surface area (Å²) in [7, 11) is 1.56. The lowest BCUT2D eigenvalue weighted by Crippen LogP contribution is -2.50. The van der Waals surface area contributed by atoms with E-state index in [0.29, 0.717) is 17.1 Å². The van der Waals surface area contributed by atoms with Crippen LogP contribution in [0.25, 0.3) is 5.69 Å². The molecule has 0 radical (unpaired) electrons. The highest BCUT2D eigenvalue weighted by Crippen LogP contribution is 2.19. The molecule has 10 nitrogen and oxygen atoms in total. The summed E-state index contributed by atoms with van der Waals surface area (Å²) in [4.78, 5) is 26.7. The Morgan fingerprint density at radius 2 is 2.00 bits per heavy atom. The number of ether oxygens (including phenoxy) is 2. The van der Waals surface area contributed by atoms with Gasteiger partial charge in [0.2, 0.25) is 11.6 Å². The molecule has 1 saturated heterocycles. The quantitative estimate of drug-likeness (QED) is 0.542. The summed E-state index contributed by atoms with van der Waals surface area (Å²) in [6, 6.07) is 15.9. The van der Waals surface area contributed by atoms with E-state index in [0.717, 1.165) is 0 Å². The number of rotatable bonds is 7. The first-order valence-corrected chi connectivity index (χ1v) is 10.0. The van der Waals surface area contributed by atoms with E-state index in [9.17, 15) is 14.7 Å². The number of nitrogens with zero attached hydrogens (tertiary/aromatic N) is 3. The van der Waals surface area contributed by atoms with Crippen LogP contribution < -0.4 is 19.8 Å². The van der Waals surface area contributed by atoms with Crippen molar-refractivity contribution in [2.45, 2.75) is 19.1 Å². The summed E-state index contributed by atoms with van der Waals surface area (Å²) in [5.41, 5.74) is 1.42. The van der Waals surface area contributed by atoms with Gasteiger partial charge in [0.05, 0.1) is 25.4 Å². The zero-order valence-corrected chi connectivity index (χ0v) is 17.4. The molecule has 3 aromatic rings. The maximum absolute atomic E-state index is 12.9. The fraction of sp³-hybridized carbons (Fsp3) is 0.273. The highest BCUT2D eigenvalue weighted by atomic mass is 16.6. The van der Waals surface area contributed by atoms with Gasteiger partial charge < -0.3 is 29.3 Å². The molecule has 166 valence electrons. The van der Waals surface area contributed by atoms with Crippen molar-refractivity contribution in [3.8, 4) is 17.4 Å². The van der Waals surface area contributed by atoms with Crippen LogP contribution in [-0.2, 0) is 20.9 Å². The number of hydrogen-bond donors (Lipinski definition) is 1. The topological polar surface area (TPSA) is 121 Å². The Hall–Kier alpha value is -3.92. The predicted octanol–water partition coefficient (Wildman–Crippen LogP) is 0.790. The lowest BCUT2D eigenvalue weighted by atomic mass is 10.1. The minimum absolute atomic E-state index is 0.0205. The Kier molecular flexibility index (Phi) is 6.31. The molecule has 2 aromatic carbocycles. The second-order valence-corrected chi connectivity index (χ2v) is 7.15. The van der Waals surface area contributed by atoms with Crippen molar-refractivity contribution in [1.29, 1.82) is 0 Å². The third kappa shape index (κ3) is 4.70. The van der Waals surface area contributed by atoms with Crippen molar-refractivity contribution in [1.82, 2.24) is 10.2 Å². The Morgan fingerprint density at radius 3 is 2.72 bits per heavy atom. The Labute approximate surface area is 183 Å². The molecule has 1 aliphatic rings. The summed E-state index contributed by atoms with van der Waals surface area (Å²) in [6.45, 7) is 0.507. The van der Waals surface area contributed by atoms with Crippen LogP contribution in [0.2, 0.25) is 0 Å². The second kappa shape index (κ2) is 9.48. The maximum Gasteiger partial charge on any atom is 0.259 e. The molecule has 10 heteroatoms. The SMILES string of the molecule is COc1ccc(-[n+]2noc([O-])c2CN2CCOC(CC(=O)Nc3ccccc3)C2=O)cc1. The van der Waals surface area contributed by atoms with Crippen molar-refractivity contribution in [2.24, 2.45) is 0 Å². The molecule has 1 unspecified atom stereocenters. The van der Waals surface area contributed by atoms with Gasteiger partial charge in [0, 0.05) is 24.4 Å². The lowest BCUT2D eigenvalue weighted by Gasteiger charge is -2.31. The number of carbonyl (C=O) groups is 2. The first-order valence-electron chi connectivity index (χ1n) is 10.0. The van der Waals surface area contributed by atoms with E-state index in [1.54, 1.807) is 55.6 Å². The van der Waals surface area contributed by atoms with Gasteiger partial charge in [0.1, 0.15) is 18.4 Å². The van der Waals surface area contributed by atoms with Crippen molar-refractivity contribution >= 4 is 17.5 Å². The number of methoxy groups -OCH3 is 1. The maximum atomic E-state index is 12.9. The van der Waals surface area contributed by atoms with Gasteiger partial charge in [-0.1, -0.05) is 18.2 Å². The van der Waals surface area contributed by atoms with Crippen LogP contribution in [0.15, 0.2) is 59.1 Å². The predicted molar refractivity (Wildman–Crippen MR) is 109 cm³/mol. The van der Waals surface area contributed by atoms with E-state index in [-0.39, 0.29) is 43.6 Å². The number of aromatic nitrogens is 2. The van der Waals surface area contributed by atoms with Gasteiger partial charge in [-0.25, -0.2) is 0 Å². The first-order chi connectivity index (χ1) is 15.5. The highest BCUT2D eigenvalue weighted by molar-refractivity contribution is 5.95. The van der Waals surface area contributed by atoms with Crippen LogP contribution in [0.5, 0.6) is 11.7 Å². The van der Waals surface area contributed by atoms with Gasteiger partial charge >= 0.3 is 0 Å². The van der Waals surface area contributed by atoms with Crippen LogP contribution in [0.3, 0.4) is 0 Å². The third-order valence-electron chi connectivity index (χ3n) is 5.05. The summed E-state index contributed by atoms with van der Waals surface area (Å²) in [5, 5.41) is 18.8. The number of para-hydroxylation sites is 1. The molecule has 2 heterocycles. The van der Waals surface area contributed by atoms with Crippen molar-refractivity contribution in [2.75, 3.05) is 25.6 Å². The van der Waals surface area contributed by atoms with E-state index in [1.165, 1.54) is 9.58 Å². The van der Waals surface area contributed by atoms with Gasteiger partial charge in [0.15, 0.2) is 5.95 Å². The zero-order chi connectivity index (χ0) is 22.5. The average molecular weight is 438 g/mol. The third-order valence-corrected chi connectivity index (χ3v) is 5.05. The lowest BCUT2D eigenvalue weighted by molar-refractivity contribution is -0.678. The van der Waals surface area contributed by atoms with Gasteiger partial charge in [-0.2, -0.15) is 0 Å². The summed E-state index contributed by atoms with van der Waals surface area (Å²) in [6.07, 6.45) is -1.06. The molecule has 1 atom stereocenters. The van der Waals surface area contributed by atoms with Gasteiger partial charge in [0.25, 0.3) is 11.6 Å². The number of benzene rings is 2. The fourth-order valence-corrected chi connectivity index (χ4v) is 3.40. The molecule has 0 aliphatic carbocycles.